The molecular formula is C11H16N4OS2. The predicted octanol–water partition coefficient (Wildman–Crippen LogP) is 1.87. The standard InChI is InChI=1S/C11H16N4OS2/c1-7(2)11(3,6-12)15-8(16)5-17-9-4-14-10(13)18-9/h4,7H,5H2,1-3H3,(H2,13,14)(H,15,16). The first kappa shape index (κ1) is 14.8. The molecule has 1 rings (SSSR count). The smallest absolute Gasteiger partial charge is 0.231 e. The zero-order valence-electron chi connectivity index (χ0n) is 10.6. The van der Waals surface area contributed by atoms with E-state index in [1.165, 1.54) is 23.1 Å². The molecule has 1 amide bonds. The fourth-order valence-corrected chi connectivity index (χ4v) is 2.66. The number of hydrogen-bond donors (Lipinski definition) is 2. The highest BCUT2D eigenvalue weighted by Crippen LogP contribution is 2.26. The number of rotatable bonds is 5. The van der Waals surface area contributed by atoms with Gasteiger partial charge < -0.3 is 11.1 Å². The zero-order chi connectivity index (χ0) is 13.8. The Bertz CT molecular complexity index is 466. The number of nitriles is 1. The molecule has 0 aliphatic rings. The molecule has 98 valence electrons. The molecular weight excluding hydrogens is 268 g/mol. The Kier molecular flexibility index (Phi) is 4.99. The van der Waals surface area contributed by atoms with Crippen LogP contribution in [0.1, 0.15) is 20.8 Å². The van der Waals surface area contributed by atoms with Gasteiger partial charge >= 0.3 is 0 Å². The van der Waals surface area contributed by atoms with Crippen molar-refractivity contribution in [2.24, 2.45) is 5.92 Å². The average molecular weight is 284 g/mol. The molecule has 0 saturated carbocycles. The molecule has 18 heavy (non-hydrogen) atoms. The summed E-state index contributed by atoms with van der Waals surface area (Å²) in [6.45, 7) is 5.53. The fourth-order valence-electron chi connectivity index (χ4n) is 1.10. The van der Waals surface area contributed by atoms with Crippen LogP contribution in [0.5, 0.6) is 0 Å². The Morgan fingerprint density at radius 2 is 2.44 bits per heavy atom. The summed E-state index contributed by atoms with van der Waals surface area (Å²) in [7, 11) is 0. The Hall–Kier alpha value is -1.26. The summed E-state index contributed by atoms with van der Waals surface area (Å²) in [5.41, 5.74) is 4.67. The summed E-state index contributed by atoms with van der Waals surface area (Å²) in [6, 6.07) is 2.14. The number of carbonyl (C=O) groups excluding carboxylic acids is 1. The molecule has 3 N–H and O–H groups in total. The van der Waals surface area contributed by atoms with Crippen LogP contribution in [0.15, 0.2) is 10.4 Å². The number of hydrogen-bond acceptors (Lipinski definition) is 6. The Morgan fingerprint density at radius 1 is 1.78 bits per heavy atom. The lowest BCUT2D eigenvalue weighted by Gasteiger charge is -2.27. The number of nitrogens with two attached hydrogens (primary N) is 1. The average Bonchev–Trinajstić information content (AvgIpc) is 2.72. The quantitative estimate of drug-likeness (QED) is 0.805. The lowest BCUT2D eigenvalue weighted by atomic mass is 9.90. The summed E-state index contributed by atoms with van der Waals surface area (Å²) in [5, 5.41) is 12.3. The number of aromatic nitrogens is 1. The zero-order valence-corrected chi connectivity index (χ0v) is 12.2. The Balaban J connectivity index is 2.50. The molecule has 5 nitrogen and oxygen atoms in total. The highest BCUT2D eigenvalue weighted by atomic mass is 32.2. The molecule has 0 saturated heterocycles. The van der Waals surface area contributed by atoms with Crippen molar-refractivity contribution in [2.45, 2.75) is 30.5 Å². The van der Waals surface area contributed by atoms with E-state index in [1.54, 1.807) is 13.1 Å². The largest absolute Gasteiger partial charge is 0.375 e. The van der Waals surface area contributed by atoms with Gasteiger partial charge in [0.05, 0.1) is 22.2 Å². The summed E-state index contributed by atoms with van der Waals surface area (Å²) >= 11 is 2.71. The third-order valence-corrected chi connectivity index (χ3v) is 4.66. The van der Waals surface area contributed by atoms with Crippen molar-refractivity contribution < 1.29 is 4.79 Å². The Morgan fingerprint density at radius 3 is 2.89 bits per heavy atom. The summed E-state index contributed by atoms with van der Waals surface area (Å²) < 4.78 is 0.894. The van der Waals surface area contributed by atoms with Crippen molar-refractivity contribution in [3.05, 3.63) is 6.20 Å². The molecule has 7 heteroatoms. The first-order chi connectivity index (χ1) is 8.37. The molecule has 0 aliphatic carbocycles. The van der Waals surface area contributed by atoms with Crippen LogP contribution in [0, 0.1) is 17.2 Å². The van der Waals surface area contributed by atoms with Gasteiger partial charge in [0.25, 0.3) is 0 Å². The predicted molar refractivity (Wildman–Crippen MR) is 74.2 cm³/mol. The van der Waals surface area contributed by atoms with Gasteiger partial charge in [0.15, 0.2) is 5.13 Å². The van der Waals surface area contributed by atoms with Crippen molar-refractivity contribution in [3.8, 4) is 6.07 Å². The van der Waals surface area contributed by atoms with E-state index in [9.17, 15) is 4.79 Å². The molecule has 0 spiro atoms. The van der Waals surface area contributed by atoms with Crippen LogP contribution < -0.4 is 11.1 Å². The van der Waals surface area contributed by atoms with Gasteiger partial charge in [0.2, 0.25) is 5.91 Å². The van der Waals surface area contributed by atoms with E-state index in [1.807, 2.05) is 13.8 Å². The number of anilines is 1. The van der Waals surface area contributed by atoms with Gasteiger partial charge in [-0.1, -0.05) is 25.2 Å². The summed E-state index contributed by atoms with van der Waals surface area (Å²) in [5.74, 6) is 0.145. The van der Waals surface area contributed by atoms with E-state index in [-0.39, 0.29) is 17.6 Å². The minimum Gasteiger partial charge on any atom is -0.375 e. The van der Waals surface area contributed by atoms with Gasteiger partial charge in [-0.3, -0.25) is 4.79 Å². The van der Waals surface area contributed by atoms with Crippen LogP contribution in [-0.4, -0.2) is 22.2 Å². The molecule has 0 radical (unpaired) electrons. The molecule has 1 heterocycles. The molecule has 0 aliphatic heterocycles. The monoisotopic (exact) mass is 284 g/mol. The van der Waals surface area contributed by atoms with E-state index in [0.29, 0.717) is 5.13 Å². The second kappa shape index (κ2) is 6.07. The van der Waals surface area contributed by atoms with Crippen molar-refractivity contribution >= 4 is 34.1 Å². The molecule has 0 aromatic carbocycles. The van der Waals surface area contributed by atoms with Crippen LogP contribution in [0.2, 0.25) is 0 Å². The topological polar surface area (TPSA) is 91.8 Å². The van der Waals surface area contributed by atoms with Crippen LogP contribution in [-0.2, 0) is 4.79 Å². The SMILES string of the molecule is CC(C)C(C)(C#N)NC(=O)CSc1cnc(N)s1. The van der Waals surface area contributed by atoms with E-state index < -0.39 is 5.54 Å². The fraction of sp³-hybridized carbons (Fsp3) is 0.545. The van der Waals surface area contributed by atoms with Crippen molar-refractivity contribution in [1.82, 2.24) is 10.3 Å². The lowest BCUT2D eigenvalue weighted by molar-refractivity contribution is -0.120. The molecule has 1 atom stereocenters. The van der Waals surface area contributed by atoms with Crippen molar-refractivity contribution in [1.29, 1.82) is 5.26 Å². The van der Waals surface area contributed by atoms with Crippen LogP contribution in [0.25, 0.3) is 0 Å². The molecule has 1 aromatic heterocycles. The van der Waals surface area contributed by atoms with E-state index >= 15 is 0 Å². The van der Waals surface area contributed by atoms with Crippen molar-refractivity contribution in [3.63, 3.8) is 0 Å². The van der Waals surface area contributed by atoms with Crippen LogP contribution in [0.3, 0.4) is 0 Å². The molecule has 0 bridgehead atoms. The third kappa shape index (κ3) is 3.89. The van der Waals surface area contributed by atoms with E-state index in [4.69, 9.17) is 11.0 Å². The van der Waals surface area contributed by atoms with Gasteiger partial charge in [-0.05, 0) is 12.8 Å². The second-order valence-electron chi connectivity index (χ2n) is 4.32. The van der Waals surface area contributed by atoms with Gasteiger partial charge in [-0.15, -0.1) is 11.8 Å². The number of amides is 1. The number of thiazole rings is 1. The number of carbonyl (C=O) groups is 1. The van der Waals surface area contributed by atoms with Crippen LogP contribution >= 0.6 is 23.1 Å². The number of thioether (sulfide) groups is 1. The lowest BCUT2D eigenvalue weighted by Crippen LogP contribution is -2.49. The second-order valence-corrected chi connectivity index (χ2v) is 6.66. The highest BCUT2D eigenvalue weighted by Gasteiger charge is 2.29. The number of nitrogen functional groups attached to an aromatic ring is 1. The van der Waals surface area contributed by atoms with Crippen molar-refractivity contribution in [2.75, 3.05) is 11.5 Å². The number of nitrogens with zero attached hydrogens (tertiary/aromatic N) is 2. The van der Waals surface area contributed by atoms with Gasteiger partial charge in [-0.2, -0.15) is 5.26 Å². The first-order valence-electron chi connectivity index (χ1n) is 5.43. The van der Waals surface area contributed by atoms with Gasteiger partial charge in [-0.25, -0.2) is 4.98 Å². The molecule has 1 aromatic rings. The molecule has 0 fully saturated rings. The minimum atomic E-state index is -0.829. The summed E-state index contributed by atoms with van der Waals surface area (Å²) in [4.78, 5) is 15.7. The Labute approximate surface area is 115 Å². The van der Waals surface area contributed by atoms with Gasteiger partial charge in [0, 0.05) is 0 Å². The van der Waals surface area contributed by atoms with E-state index in [0.717, 1.165) is 4.21 Å². The third-order valence-electron chi connectivity index (χ3n) is 2.63. The first-order valence-corrected chi connectivity index (χ1v) is 7.24. The van der Waals surface area contributed by atoms with E-state index in [2.05, 4.69) is 16.4 Å². The maximum atomic E-state index is 11.8. The summed E-state index contributed by atoms with van der Waals surface area (Å²) in [6.07, 6.45) is 1.64. The maximum absolute atomic E-state index is 11.8. The van der Waals surface area contributed by atoms with Crippen LogP contribution in [0.4, 0.5) is 5.13 Å². The minimum absolute atomic E-state index is 0.0514. The number of nitrogens with one attached hydrogen (secondary N) is 1. The highest BCUT2D eigenvalue weighted by molar-refractivity contribution is 8.01. The maximum Gasteiger partial charge on any atom is 0.231 e. The normalized spacial score (nSPS) is 13.9. The van der Waals surface area contributed by atoms with Gasteiger partial charge in [0.1, 0.15) is 5.54 Å². The molecule has 1 unspecified atom stereocenters.